The summed E-state index contributed by atoms with van der Waals surface area (Å²) in [5, 5.41) is 13.2. The van der Waals surface area contributed by atoms with Crippen molar-refractivity contribution in [2.75, 3.05) is 32.7 Å². The van der Waals surface area contributed by atoms with Crippen LogP contribution in [0.3, 0.4) is 0 Å². The number of piperazine rings is 1. The summed E-state index contributed by atoms with van der Waals surface area (Å²) in [6.07, 6.45) is 4.48. The second-order valence-electron chi connectivity index (χ2n) is 8.59. The molecule has 0 radical (unpaired) electrons. The van der Waals surface area contributed by atoms with Gasteiger partial charge in [0.15, 0.2) is 0 Å². The molecule has 5 nitrogen and oxygen atoms in total. The quantitative estimate of drug-likeness (QED) is 0.849. The van der Waals surface area contributed by atoms with E-state index < -0.39 is 5.60 Å². The Morgan fingerprint density at radius 3 is 2.50 bits per heavy atom. The van der Waals surface area contributed by atoms with E-state index in [2.05, 4.69) is 40.5 Å². The monoisotopic (exact) mass is 359 g/mol. The summed E-state index contributed by atoms with van der Waals surface area (Å²) in [7, 11) is 0. The van der Waals surface area contributed by atoms with Crippen molar-refractivity contribution in [2.45, 2.75) is 51.2 Å². The van der Waals surface area contributed by atoms with Gasteiger partial charge in [0.2, 0.25) is 0 Å². The Morgan fingerprint density at radius 1 is 1.15 bits per heavy atom. The normalized spacial score (nSPS) is 24.7. The van der Waals surface area contributed by atoms with E-state index in [1.165, 1.54) is 12.0 Å². The minimum absolute atomic E-state index is 0.0817. The summed E-state index contributed by atoms with van der Waals surface area (Å²) >= 11 is 0. The van der Waals surface area contributed by atoms with Crippen LogP contribution in [0.4, 0.5) is 4.79 Å². The summed E-state index contributed by atoms with van der Waals surface area (Å²) in [5.74, 6) is 0.673. The second kappa shape index (κ2) is 8.40. The number of carbonyl (C=O) groups excluding carboxylic acids is 1. The van der Waals surface area contributed by atoms with Gasteiger partial charge >= 0.3 is 6.03 Å². The highest BCUT2D eigenvalue weighted by Crippen LogP contribution is 2.28. The van der Waals surface area contributed by atoms with Crippen molar-refractivity contribution in [3.63, 3.8) is 0 Å². The van der Waals surface area contributed by atoms with Crippen molar-refractivity contribution in [3.8, 4) is 0 Å². The van der Waals surface area contributed by atoms with E-state index in [-0.39, 0.29) is 6.03 Å². The largest absolute Gasteiger partial charge is 0.389 e. The zero-order chi connectivity index (χ0) is 18.6. The number of amides is 2. The Morgan fingerprint density at radius 2 is 1.85 bits per heavy atom. The highest BCUT2D eigenvalue weighted by molar-refractivity contribution is 5.74. The predicted octanol–water partition coefficient (Wildman–Crippen LogP) is 2.50. The van der Waals surface area contributed by atoms with E-state index in [1.54, 1.807) is 0 Å². The molecule has 5 heteroatoms. The maximum atomic E-state index is 12.6. The summed E-state index contributed by atoms with van der Waals surface area (Å²) in [6.45, 7) is 7.46. The lowest BCUT2D eigenvalue weighted by Gasteiger charge is -2.37. The van der Waals surface area contributed by atoms with Crippen molar-refractivity contribution < 1.29 is 9.90 Å². The number of carbonyl (C=O) groups is 1. The predicted molar refractivity (Wildman–Crippen MR) is 104 cm³/mol. The first-order chi connectivity index (χ1) is 12.4. The highest BCUT2D eigenvalue weighted by atomic mass is 16.3. The molecule has 3 rings (SSSR count). The average Bonchev–Trinajstić information content (AvgIpc) is 3.02. The van der Waals surface area contributed by atoms with Crippen LogP contribution in [0.15, 0.2) is 30.3 Å². The number of nitrogens with one attached hydrogen (secondary N) is 1. The lowest BCUT2D eigenvalue weighted by molar-refractivity contribution is 0.0224. The molecule has 144 valence electrons. The maximum Gasteiger partial charge on any atom is 0.317 e. The van der Waals surface area contributed by atoms with Gasteiger partial charge in [-0.3, -0.25) is 4.90 Å². The summed E-state index contributed by atoms with van der Waals surface area (Å²) in [6, 6.07) is 11.0. The summed E-state index contributed by atoms with van der Waals surface area (Å²) in [4.78, 5) is 16.7. The van der Waals surface area contributed by atoms with Crippen molar-refractivity contribution in [1.82, 2.24) is 15.1 Å². The Labute approximate surface area is 157 Å². The summed E-state index contributed by atoms with van der Waals surface area (Å²) in [5.41, 5.74) is 0.717. The zero-order valence-electron chi connectivity index (χ0n) is 16.2. The van der Waals surface area contributed by atoms with Crippen molar-refractivity contribution in [1.29, 1.82) is 0 Å². The number of benzene rings is 1. The standard InChI is InChI=1S/C21H33N3O2/c1-21(2,26)16-23-10-12-24(13-11-23)20(25)22-19-9-8-18(15-19)14-17-6-4-3-5-7-17/h3-7,18-19,26H,8-16H2,1-2H3,(H,22,25). The SMILES string of the molecule is CC(C)(O)CN1CCN(C(=O)NC2CCC(Cc3ccccc3)C2)CC1. The van der Waals surface area contributed by atoms with Crippen LogP contribution in [0.5, 0.6) is 0 Å². The first-order valence-electron chi connectivity index (χ1n) is 9.93. The van der Waals surface area contributed by atoms with Gasteiger partial charge in [-0.2, -0.15) is 0 Å². The average molecular weight is 360 g/mol. The lowest BCUT2D eigenvalue weighted by Crippen LogP contribution is -2.55. The molecule has 1 saturated carbocycles. The second-order valence-corrected chi connectivity index (χ2v) is 8.59. The fourth-order valence-corrected chi connectivity index (χ4v) is 4.26. The Kier molecular flexibility index (Phi) is 6.20. The Hall–Kier alpha value is -1.59. The molecule has 2 N–H and O–H groups in total. The molecule has 2 unspecified atom stereocenters. The molecular formula is C21H33N3O2. The van der Waals surface area contributed by atoms with Gasteiger partial charge in [0, 0.05) is 38.8 Å². The molecule has 1 aromatic rings. The first kappa shape index (κ1) is 19.2. The Bertz CT molecular complexity index is 577. The van der Waals surface area contributed by atoms with Crippen LogP contribution in [0.25, 0.3) is 0 Å². The Balaban J connectivity index is 1.39. The van der Waals surface area contributed by atoms with Crippen LogP contribution >= 0.6 is 0 Å². The lowest BCUT2D eigenvalue weighted by atomic mass is 9.98. The fourth-order valence-electron chi connectivity index (χ4n) is 4.26. The number of hydrogen-bond acceptors (Lipinski definition) is 3. The number of rotatable bonds is 5. The van der Waals surface area contributed by atoms with Crippen molar-refractivity contribution in [2.24, 2.45) is 5.92 Å². The molecule has 0 spiro atoms. The van der Waals surface area contributed by atoms with Gasteiger partial charge in [0.25, 0.3) is 0 Å². The van der Waals surface area contributed by atoms with Gasteiger partial charge in [-0.1, -0.05) is 30.3 Å². The van der Waals surface area contributed by atoms with Crippen LogP contribution in [-0.2, 0) is 6.42 Å². The van der Waals surface area contributed by atoms with Crippen molar-refractivity contribution >= 4 is 6.03 Å². The third-order valence-corrected chi connectivity index (χ3v) is 5.51. The molecule has 1 aromatic carbocycles. The molecule has 2 aliphatic rings. The molecule has 1 aliphatic heterocycles. The van der Waals surface area contributed by atoms with Crippen molar-refractivity contribution in [3.05, 3.63) is 35.9 Å². The van der Waals surface area contributed by atoms with Gasteiger partial charge in [-0.25, -0.2) is 4.79 Å². The molecule has 2 amide bonds. The van der Waals surface area contributed by atoms with E-state index in [0.29, 0.717) is 18.5 Å². The molecule has 0 aromatic heterocycles. The number of β-amino-alcohol motifs (C(OH)–C–C–N with tert-alkyl or cyclic N) is 1. The smallest absolute Gasteiger partial charge is 0.317 e. The van der Waals surface area contributed by atoms with E-state index in [4.69, 9.17) is 0 Å². The highest BCUT2D eigenvalue weighted by Gasteiger charge is 2.29. The van der Waals surface area contributed by atoms with Crippen LogP contribution in [0.2, 0.25) is 0 Å². The molecule has 2 atom stereocenters. The number of urea groups is 1. The minimum atomic E-state index is -0.679. The van der Waals surface area contributed by atoms with Crippen LogP contribution in [0, 0.1) is 5.92 Å². The molecule has 1 heterocycles. The van der Waals surface area contributed by atoms with Gasteiger partial charge in [-0.15, -0.1) is 0 Å². The third kappa shape index (κ3) is 5.71. The zero-order valence-corrected chi connectivity index (χ0v) is 16.2. The molecule has 1 aliphatic carbocycles. The maximum absolute atomic E-state index is 12.6. The van der Waals surface area contributed by atoms with E-state index in [9.17, 15) is 9.90 Å². The van der Waals surface area contributed by atoms with Crippen LogP contribution in [0.1, 0.15) is 38.7 Å². The minimum Gasteiger partial charge on any atom is -0.389 e. The fraction of sp³-hybridized carbons (Fsp3) is 0.667. The molecule has 26 heavy (non-hydrogen) atoms. The van der Waals surface area contributed by atoms with Crippen LogP contribution in [-0.4, -0.2) is 65.3 Å². The summed E-state index contributed by atoms with van der Waals surface area (Å²) < 4.78 is 0. The molecule has 0 bridgehead atoms. The van der Waals surface area contributed by atoms with Gasteiger partial charge in [0.05, 0.1) is 5.60 Å². The third-order valence-electron chi connectivity index (χ3n) is 5.51. The molecular weight excluding hydrogens is 326 g/mol. The van der Waals surface area contributed by atoms with Crippen LogP contribution < -0.4 is 5.32 Å². The number of aliphatic hydroxyl groups is 1. The molecule has 1 saturated heterocycles. The van der Waals surface area contributed by atoms with E-state index in [0.717, 1.165) is 45.4 Å². The van der Waals surface area contributed by atoms with Gasteiger partial charge < -0.3 is 15.3 Å². The topological polar surface area (TPSA) is 55.8 Å². The van der Waals surface area contributed by atoms with Gasteiger partial charge in [0.1, 0.15) is 0 Å². The number of nitrogens with zero attached hydrogens (tertiary/aromatic N) is 2. The number of hydrogen-bond donors (Lipinski definition) is 2. The van der Waals surface area contributed by atoms with Gasteiger partial charge in [-0.05, 0) is 51.0 Å². The van der Waals surface area contributed by atoms with E-state index in [1.807, 2.05) is 18.7 Å². The molecule has 2 fully saturated rings. The van der Waals surface area contributed by atoms with E-state index >= 15 is 0 Å². The first-order valence-corrected chi connectivity index (χ1v) is 9.93.